The van der Waals surface area contributed by atoms with Crippen molar-refractivity contribution in [2.24, 2.45) is 5.73 Å². The second kappa shape index (κ2) is 6.12. The number of methoxy groups -OCH3 is 1. The zero-order valence-electron chi connectivity index (χ0n) is 10.4. The smallest absolute Gasteiger partial charge is 0.184 e. The SMILES string of the molecule is CCC(C#N)Oc1ccc([C@H](C)N)cc1OC. The van der Waals surface area contributed by atoms with Gasteiger partial charge in [0.25, 0.3) is 0 Å². The van der Waals surface area contributed by atoms with Gasteiger partial charge in [0.15, 0.2) is 17.6 Å². The summed E-state index contributed by atoms with van der Waals surface area (Å²) in [5.74, 6) is 1.18. The van der Waals surface area contributed by atoms with Gasteiger partial charge in [-0.1, -0.05) is 13.0 Å². The van der Waals surface area contributed by atoms with Gasteiger partial charge < -0.3 is 15.2 Å². The molecule has 0 heterocycles. The third-order valence-corrected chi connectivity index (χ3v) is 2.50. The largest absolute Gasteiger partial charge is 0.493 e. The van der Waals surface area contributed by atoms with Gasteiger partial charge in [-0.25, -0.2) is 0 Å². The minimum atomic E-state index is -0.454. The molecule has 17 heavy (non-hydrogen) atoms. The van der Waals surface area contributed by atoms with Crippen molar-refractivity contribution in [2.75, 3.05) is 7.11 Å². The molecule has 0 aromatic heterocycles. The van der Waals surface area contributed by atoms with E-state index in [1.165, 1.54) is 0 Å². The fourth-order valence-electron chi connectivity index (χ4n) is 1.42. The Morgan fingerprint density at radius 2 is 2.12 bits per heavy atom. The number of nitrogens with zero attached hydrogens (tertiary/aromatic N) is 1. The molecule has 0 saturated heterocycles. The van der Waals surface area contributed by atoms with Gasteiger partial charge in [0, 0.05) is 6.04 Å². The second-order valence-corrected chi connectivity index (χ2v) is 3.84. The molecule has 0 radical (unpaired) electrons. The first-order valence-corrected chi connectivity index (χ1v) is 5.62. The Morgan fingerprint density at radius 1 is 1.41 bits per heavy atom. The van der Waals surface area contributed by atoms with E-state index in [1.54, 1.807) is 13.2 Å². The first kappa shape index (κ1) is 13.3. The van der Waals surface area contributed by atoms with Crippen molar-refractivity contribution >= 4 is 0 Å². The van der Waals surface area contributed by atoms with Crippen LogP contribution in [0.4, 0.5) is 0 Å². The lowest BCUT2D eigenvalue weighted by atomic mass is 10.1. The predicted molar refractivity (Wildman–Crippen MR) is 65.9 cm³/mol. The molecule has 4 heteroatoms. The van der Waals surface area contributed by atoms with Gasteiger partial charge in [-0.15, -0.1) is 0 Å². The molecule has 1 unspecified atom stereocenters. The Hall–Kier alpha value is -1.73. The number of nitrogens with two attached hydrogens (primary N) is 1. The highest BCUT2D eigenvalue weighted by Gasteiger charge is 2.12. The van der Waals surface area contributed by atoms with Crippen LogP contribution in [0.25, 0.3) is 0 Å². The van der Waals surface area contributed by atoms with Crippen molar-refractivity contribution < 1.29 is 9.47 Å². The minimum absolute atomic E-state index is 0.0594. The van der Waals surface area contributed by atoms with Crippen LogP contribution in [0.15, 0.2) is 18.2 Å². The zero-order chi connectivity index (χ0) is 12.8. The molecule has 1 rings (SSSR count). The normalized spacial score (nSPS) is 13.6. The highest BCUT2D eigenvalue weighted by Crippen LogP contribution is 2.30. The molecule has 92 valence electrons. The number of benzene rings is 1. The van der Waals surface area contributed by atoms with E-state index in [0.29, 0.717) is 17.9 Å². The third-order valence-electron chi connectivity index (χ3n) is 2.50. The summed E-state index contributed by atoms with van der Waals surface area (Å²) in [5.41, 5.74) is 6.76. The van der Waals surface area contributed by atoms with Crippen molar-refractivity contribution in [1.29, 1.82) is 5.26 Å². The van der Waals surface area contributed by atoms with E-state index >= 15 is 0 Å². The summed E-state index contributed by atoms with van der Waals surface area (Å²) in [6, 6.07) is 7.54. The van der Waals surface area contributed by atoms with E-state index < -0.39 is 6.10 Å². The highest BCUT2D eigenvalue weighted by atomic mass is 16.5. The van der Waals surface area contributed by atoms with Crippen LogP contribution in [0.2, 0.25) is 0 Å². The molecule has 0 saturated carbocycles. The van der Waals surface area contributed by atoms with Gasteiger partial charge in [0.05, 0.1) is 7.11 Å². The van der Waals surface area contributed by atoms with E-state index in [0.717, 1.165) is 5.56 Å². The topological polar surface area (TPSA) is 68.3 Å². The lowest BCUT2D eigenvalue weighted by Crippen LogP contribution is -2.13. The van der Waals surface area contributed by atoms with E-state index in [4.69, 9.17) is 20.5 Å². The Morgan fingerprint density at radius 3 is 2.59 bits per heavy atom. The van der Waals surface area contributed by atoms with E-state index in [1.807, 2.05) is 26.0 Å². The van der Waals surface area contributed by atoms with E-state index in [-0.39, 0.29) is 6.04 Å². The molecule has 0 aliphatic heterocycles. The van der Waals surface area contributed by atoms with Crippen LogP contribution in [-0.2, 0) is 0 Å². The van der Waals surface area contributed by atoms with Gasteiger partial charge in [-0.3, -0.25) is 0 Å². The molecule has 1 aromatic rings. The Kier molecular flexibility index (Phi) is 4.80. The molecule has 2 N–H and O–H groups in total. The number of ether oxygens (including phenoxy) is 2. The van der Waals surface area contributed by atoms with Crippen LogP contribution < -0.4 is 15.2 Å². The molecule has 0 bridgehead atoms. The number of hydrogen-bond acceptors (Lipinski definition) is 4. The summed E-state index contributed by atoms with van der Waals surface area (Å²) in [4.78, 5) is 0. The highest BCUT2D eigenvalue weighted by molar-refractivity contribution is 5.44. The van der Waals surface area contributed by atoms with Crippen LogP contribution in [0, 0.1) is 11.3 Å². The first-order chi connectivity index (χ1) is 8.12. The molecular weight excluding hydrogens is 216 g/mol. The van der Waals surface area contributed by atoms with Gasteiger partial charge >= 0.3 is 0 Å². The number of rotatable bonds is 5. The molecule has 0 fully saturated rings. The summed E-state index contributed by atoms with van der Waals surface area (Å²) in [6.45, 7) is 3.80. The molecule has 1 aromatic carbocycles. The zero-order valence-corrected chi connectivity index (χ0v) is 10.4. The maximum atomic E-state index is 8.86. The fraction of sp³-hybridized carbons (Fsp3) is 0.462. The predicted octanol–water partition coefficient (Wildman–Crippen LogP) is 2.40. The quantitative estimate of drug-likeness (QED) is 0.849. The van der Waals surface area contributed by atoms with Crippen LogP contribution >= 0.6 is 0 Å². The second-order valence-electron chi connectivity index (χ2n) is 3.84. The molecule has 0 aliphatic rings. The maximum Gasteiger partial charge on any atom is 0.184 e. The van der Waals surface area contributed by atoms with Crippen molar-refractivity contribution in [3.8, 4) is 17.6 Å². The van der Waals surface area contributed by atoms with Gasteiger partial charge in [-0.05, 0) is 31.0 Å². The molecule has 2 atom stereocenters. The van der Waals surface area contributed by atoms with Crippen molar-refractivity contribution in [2.45, 2.75) is 32.4 Å². The summed E-state index contributed by atoms with van der Waals surface area (Å²) in [5, 5.41) is 8.86. The van der Waals surface area contributed by atoms with Crippen molar-refractivity contribution in [3.63, 3.8) is 0 Å². The van der Waals surface area contributed by atoms with Gasteiger partial charge in [0.2, 0.25) is 0 Å². The minimum Gasteiger partial charge on any atom is -0.493 e. The van der Waals surface area contributed by atoms with Crippen LogP contribution in [0.3, 0.4) is 0 Å². The van der Waals surface area contributed by atoms with Crippen LogP contribution in [0.5, 0.6) is 11.5 Å². The summed E-state index contributed by atoms with van der Waals surface area (Å²) in [7, 11) is 1.57. The Bertz CT molecular complexity index is 410. The average molecular weight is 234 g/mol. The molecule has 0 spiro atoms. The van der Waals surface area contributed by atoms with Crippen LogP contribution in [0.1, 0.15) is 31.9 Å². The monoisotopic (exact) mass is 234 g/mol. The van der Waals surface area contributed by atoms with E-state index in [9.17, 15) is 0 Å². The Labute approximate surface area is 102 Å². The average Bonchev–Trinajstić information content (AvgIpc) is 2.35. The summed E-state index contributed by atoms with van der Waals surface area (Å²) in [6.07, 6.45) is 0.180. The Balaban J connectivity index is 2.97. The lowest BCUT2D eigenvalue weighted by Gasteiger charge is -2.15. The number of hydrogen-bond donors (Lipinski definition) is 1. The van der Waals surface area contributed by atoms with E-state index in [2.05, 4.69) is 6.07 Å². The molecule has 0 amide bonds. The molecule has 0 aliphatic carbocycles. The third kappa shape index (κ3) is 3.36. The molecular formula is C13H18N2O2. The maximum absolute atomic E-state index is 8.86. The first-order valence-electron chi connectivity index (χ1n) is 5.62. The van der Waals surface area contributed by atoms with Gasteiger partial charge in [0.1, 0.15) is 6.07 Å². The standard InChI is InChI=1S/C13H18N2O2/c1-4-11(8-14)17-12-6-5-10(9(2)15)7-13(12)16-3/h5-7,9,11H,4,15H2,1-3H3/t9-,11?/m0/s1. The van der Waals surface area contributed by atoms with Crippen LogP contribution in [-0.4, -0.2) is 13.2 Å². The lowest BCUT2D eigenvalue weighted by molar-refractivity contribution is 0.238. The summed E-state index contributed by atoms with van der Waals surface area (Å²) < 4.78 is 10.8. The van der Waals surface area contributed by atoms with Crippen molar-refractivity contribution in [3.05, 3.63) is 23.8 Å². The fourth-order valence-corrected chi connectivity index (χ4v) is 1.42. The van der Waals surface area contributed by atoms with Gasteiger partial charge in [-0.2, -0.15) is 5.26 Å². The molecule has 4 nitrogen and oxygen atoms in total. The summed E-state index contributed by atoms with van der Waals surface area (Å²) >= 11 is 0. The number of nitriles is 1. The van der Waals surface area contributed by atoms with Crippen molar-refractivity contribution in [1.82, 2.24) is 0 Å².